The molecule has 0 bridgehead atoms. The van der Waals surface area contributed by atoms with Gasteiger partial charge in [-0.3, -0.25) is 10.1 Å². The van der Waals surface area contributed by atoms with Gasteiger partial charge in [0, 0.05) is 23.2 Å². The topological polar surface area (TPSA) is 93.5 Å². The predicted molar refractivity (Wildman–Crippen MR) is 101 cm³/mol. The molecule has 1 aliphatic rings. The Morgan fingerprint density at radius 1 is 1.00 bits per heavy atom. The SMILES string of the molecule is NC(=Nc1ccc2c3c(cccc13)C=C2)Nc1ccc([N+](=O)[O-])cc1. The highest BCUT2D eigenvalue weighted by molar-refractivity contribution is 6.09. The summed E-state index contributed by atoms with van der Waals surface area (Å²) in [5, 5.41) is 15.9. The molecule has 0 unspecified atom stereocenters. The fourth-order valence-electron chi connectivity index (χ4n) is 2.97. The summed E-state index contributed by atoms with van der Waals surface area (Å²) >= 11 is 0. The van der Waals surface area contributed by atoms with Crippen molar-refractivity contribution in [2.75, 3.05) is 5.32 Å². The molecule has 3 aromatic rings. The molecule has 0 spiro atoms. The lowest BCUT2D eigenvalue weighted by atomic mass is 10.0. The summed E-state index contributed by atoms with van der Waals surface area (Å²) < 4.78 is 0. The van der Waals surface area contributed by atoms with E-state index in [1.165, 1.54) is 28.6 Å². The molecule has 3 aromatic carbocycles. The number of aliphatic imine (C=N–C) groups is 1. The van der Waals surface area contributed by atoms with Gasteiger partial charge in [-0.2, -0.15) is 0 Å². The summed E-state index contributed by atoms with van der Waals surface area (Å²) in [5.74, 6) is 0.223. The summed E-state index contributed by atoms with van der Waals surface area (Å²) in [7, 11) is 0. The van der Waals surface area contributed by atoms with Crippen molar-refractivity contribution < 1.29 is 4.92 Å². The van der Waals surface area contributed by atoms with Gasteiger partial charge in [-0.15, -0.1) is 0 Å². The third kappa shape index (κ3) is 2.70. The largest absolute Gasteiger partial charge is 0.369 e. The van der Waals surface area contributed by atoms with E-state index in [1.54, 1.807) is 12.1 Å². The zero-order chi connectivity index (χ0) is 17.4. The van der Waals surface area contributed by atoms with E-state index in [1.807, 2.05) is 24.3 Å². The monoisotopic (exact) mass is 330 g/mol. The minimum Gasteiger partial charge on any atom is -0.369 e. The van der Waals surface area contributed by atoms with Crippen molar-refractivity contribution in [3.8, 4) is 0 Å². The Bertz CT molecular complexity index is 1040. The number of anilines is 1. The number of non-ortho nitro benzene ring substituents is 1. The van der Waals surface area contributed by atoms with Crippen LogP contribution in [0.15, 0.2) is 59.6 Å². The standard InChI is InChI=1S/C19H14N4O2/c20-19(21-14-7-9-15(10-8-14)23(24)25)22-17-11-6-13-5-4-12-2-1-3-16(17)18(12)13/h1-11H,(H3,20,21,22). The fraction of sp³-hybridized carbons (Fsp3) is 0. The van der Waals surface area contributed by atoms with Gasteiger partial charge >= 0.3 is 0 Å². The van der Waals surface area contributed by atoms with E-state index in [0.717, 1.165) is 11.1 Å². The van der Waals surface area contributed by atoms with Crippen LogP contribution in [0.4, 0.5) is 17.1 Å². The number of nitro groups is 1. The average Bonchev–Trinajstić information content (AvgIpc) is 3.03. The second kappa shape index (κ2) is 5.76. The number of nitro benzene ring substituents is 1. The first-order chi connectivity index (χ1) is 12.1. The number of nitrogens with two attached hydrogens (primary N) is 1. The van der Waals surface area contributed by atoms with E-state index >= 15 is 0 Å². The van der Waals surface area contributed by atoms with Crippen LogP contribution < -0.4 is 11.1 Å². The van der Waals surface area contributed by atoms with Gasteiger partial charge in [0.15, 0.2) is 5.96 Å². The number of benzene rings is 3. The fourth-order valence-corrected chi connectivity index (χ4v) is 2.97. The molecule has 6 nitrogen and oxygen atoms in total. The second-order valence-corrected chi connectivity index (χ2v) is 5.70. The molecular formula is C19H14N4O2. The number of nitrogens with zero attached hydrogens (tertiary/aromatic N) is 2. The van der Waals surface area contributed by atoms with Gasteiger partial charge in [0.05, 0.1) is 10.6 Å². The molecular weight excluding hydrogens is 316 g/mol. The van der Waals surface area contributed by atoms with Crippen molar-refractivity contribution in [1.29, 1.82) is 0 Å². The van der Waals surface area contributed by atoms with Crippen LogP contribution in [0.25, 0.3) is 22.9 Å². The highest BCUT2D eigenvalue weighted by Gasteiger charge is 2.11. The molecule has 25 heavy (non-hydrogen) atoms. The number of hydrogen-bond acceptors (Lipinski definition) is 3. The molecule has 0 amide bonds. The van der Waals surface area contributed by atoms with E-state index in [4.69, 9.17) is 5.73 Å². The zero-order valence-corrected chi connectivity index (χ0v) is 13.1. The molecule has 0 radical (unpaired) electrons. The van der Waals surface area contributed by atoms with Gasteiger partial charge in [0.1, 0.15) is 0 Å². The third-order valence-electron chi connectivity index (χ3n) is 4.12. The zero-order valence-electron chi connectivity index (χ0n) is 13.1. The molecule has 1 aliphatic carbocycles. The van der Waals surface area contributed by atoms with Crippen molar-refractivity contribution in [3.63, 3.8) is 0 Å². The molecule has 3 N–H and O–H groups in total. The second-order valence-electron chi connectivity index (χ2n) is 5.70. The van der Waals surface area contributed by atoms with Crippen LogP contribution in [0.1, 0.15) is 11.1 Å². The third-order valence-corrected chi connectivity index (χ3v) is 4.12. The van der Waals surface area contributed by atoms with Gasteiger partial charge in [-0.25, -0.2) is 4.99 Å². The highest BCUT2D eigenvalue weighted by Crippen LogP contribution is 2.36. The van der Waals surface area contributed by atoms with Crippen LogP contribution in [0.5, 0.6) is 0 Å². The van der Waals surface area contributed by atoms with Gasteiger partial charge in [0.2, 0.25) is 0 Å². The van der Waals surface area contributed by atoms with Crippen LogP contribution >= 0.6 is 0 Å². The summed E-state index contributed by atoms with van der Waals surface area (Å²) in [6.07, 6.45) is 4.17. The van der Waals surface area contributed by atoms with Gasteiger partial charge < -0.3 is 11.1 Å². The molecule has 0 fully saturated rings. The van der Waals surface area contributed by atoms with Gasteiger partial charge in [-0.05, 0) is 34.7 Å². The maximum absolute atomic E-state index is 10.7. The lowest BCUT2D eigenvalue weighted by Gasteiger charge is -2.08. The predicted octanol–water partition coefficient (Wildman–Crippen LogP) is 4.29. The molecule has 4 rings (SSSR count). The van der Waals surface area contributed by atoms with Crippen molar-refractivity contribution in [1.82, 2.24) is 0 Å². The molecule has 0 aromatic heterocycles. The Labute approximate surface area is 143 Å². The van der Waals surface area contributed by atoms with Gasteiger partial charge in [-0.1, -0.05) is 36.4 Å². The van der Waals surface area contributed by atoms with Crippen LogP contribution in [0.3, 0.4) is 0 Å². The van der Waals surface area contributed by atoms with Crippen LogP contribution in [-0.2, 0) is 0 Å². The number of hydrogen-bond donors (Lipinski definition) is 2. The summed E-state index contributed by atoms with van der Waals surface area (Å²) in [6, 6.07) is 16.1. The average molecular weight is 330 g/mol. The number of nitrogens with one attached hydrogen (secondary N) is 1. The summed E-state index contributed by atoms with van der Waals surface area (Å²) in [6.45, 7) is 0. The van der Waals surface area contributed by atoms with E-state index in [9.17, 15) is 10.1 Å². The smallest absolute Gasteiger partial charge is 0.269 e. The lowest BCUT2D eigenvalue weighted by molar-refractivity contribution is -0.384. The van der Waals surface area contributed by atoms with Gasteiger partial charge in [0.25, 0.3) is 5.69 Å². The van der Waals surface area contributed by atoms with E-state index in [2.05, 4.69) is 28.5 Å². The first-order valence-electron chi connectivity index (χ1n) is 7.71. The molecule has 0 saturated heterocycles. The van der Waals surface area contributed by atoms with Crippen LogP contribution in [0.2, 0.25) is 0 Å². The van der Waals surface area contributed by atoms with E-state index in [0.29, 0.717) is 5.69 Å². The summed E-state index contributed by atoms with van der Waals surface area (Å²) in [5.41, 5.74) is 9.79. The van der Waals surface area contributed by atoms with Crippen LogP contribution in [0, 0.1) is 10.1 Å². The number of guanidine groups is 1. The van der Waals surface area contributed by atoms with Crippen molar-refractivity contribution in [2.45, 2.75) is 0 Å². The maximum atomic E-state index is 10.7. The summed E-state index contributed by atoms with van der Waals surface area (Å²) in [4.78, 5) is 14.7. The van der Waals surface area contributed by atoms with E-state index in [-0.39, 0.29) is 11.6 Å². The van der Waals surface area contributed by atoms with Crippen LogP contribution in [-0.4, -0.2) is 10.9 Å². The Morgan fingerprint density at radius 3 is 2.44 bits per heavy atom. The van der Waals surface area contributed by atoms with Crippen molar-refractivity contribution in [2.24, 2.45) is 10.7 Å². The molecule has 6 heteroatoms. The molecule has 0 heterocycles. The lowest BCUT2D eigenvalue weighted by Crippen LogP contribution is -2.21. The van der Waals surface area contributed by atoms with Crippen molar-refractivity contribution in [3.05, 3.63) is 75.8 Å². The quantitative estimate of drug-likeness (QED) is 0.253. The Hall–Kier alpha value is -3.67. The van der Waals surface area contributed by atoms with Crippen molar-refractivity contribution >= 4 is 45.9 Å². The van der Waals surface area contributed by atoms with E-state index < -0.39 is 4.92 Å². The Balaban J connectivity index is 1.65. The minimum atomic E-state index is -0.442. The normalized spacial score (nSPS) is 12.6. The Kier molecular flexibility index (Phi) is 3.43. The number of rotatable bonds is 3. The highest BCUT2D eigenvalue weighted by atomic mass is 16.6. The molecule has 122 valence electrons. The molecule has 0 atom stereocenters. The first kappa shape index (κ1) is 14.9. The minimum absolute atomic E-state index is 0.0288. The maximum Gasteiger partial charge on any atom is 0.269 e. The Morgan fingerprint density at radius 2 is 1.72 bits per heavy atom. The molecule has 0 saturated carbocycles. The first-order valence-corrected chi connectivity index (χ1v) is 7.71. The molecule has 0 aliphatic heterocycles.